The SMILES string of the molecule is Clc1cccc(-c2ncc(Br)nc2OCc2ccccc2)c1Cl. The Balaban J connectivity index is 1.96. The lowest BCUT2D eigenvalue weighted by Crippen LogP contribution is -2.01. The Morgan fingerprint density at radius 2 is 1.78 bits per heavy atom. The number of halogens is 3. The van der Waals surface area contributed by atoms with E-state index in [9.17, 15) is 0 Å². The second-order valence-electron chi connectivity index (χ2n) is 4.72. The van der Waals surface area contributed by atoms with Crippen molar-refractivity contribution in [3.05, 3.63) is 74.9 Å². The van der Waals surface area contributed by atoms with E-state index in [-0.39, 0.29) is 0 Å². The minimum Gasteiger partial charge on any atom is -0.471 e. The molecule has 0 fully saturated rings. The normalized spacial score (nSPS) is 10.6. The highest BCUT2D eigenvalue weighted by Gasteiger charge is 2.15. The number of aromatic nitrogens is 2. The highest BCUT2D eigenvalue weighted by molar-refractivity contribution is 9.10. The molecular weight excluding hydrogens is 399 g/mol. The van der Waals surface area contributed by atoms with Crippen LogP contribution in [0.25, 0.3) is 11.3 Å². The molecule has 0 aliphatic rings. The van der Waals surface area contributed by atoms with Crippen molar-refractivity contribution in [1.82, 2.24) is 9.97 Å². The molecule has 0 aliphatic heterocycles. The lowest BCUT2D eigenvalue weighted by molar-refractivity contribution is 0.293. The zero-order valence-electron chi connectivity index (χ0n) is 11.8. The number of ether oxygens (including phenoxy) is 1. The Hall–Kier alpha value is -1.62. The zero-order chi connectivity index (χ0) is 16.2. The van der Waals surface area contributed by atoms with Crippen molar-refractivity contribution in [1.29, 1.82) is 0 Å². The van der Waals surface area contributed by atoms with Crippen molar-refractivity contribution in [2.45, 2.75) is 6.61 Å². The Kier molecular flexibility index (Phi) is 5.16. The fourth-order valence-electron chi connectivity index (χ4n) is 2.05. The first-order chi connectivity index (χ1) is 11.1. The molecule has 1 heterocycles. The lowest BCUT2D eigenvalue weighted by Gasteiger charge is -2.11. The molecule has 0 radical (unpaired) electrons. The monoisotopic (exact) mass is 408 g/mol. The van der Waals surface area contributed by atoms with Crippen molar-refractivity contribution in [3.8, 4) is 17.1 Å². The molecule has 0 spiro atoms. The van der Waals surface area contributed by atoms with Crippen molar-refractivity contribution in [3.63, 3.8) is 0 Å². The van der Waals surface area contributed by atoms with Crippen LogP contribution in [0.3, 0.4) is 0 Å². The second-order valence-corrected chi connectivity index (χ2v) is 6.32. The maximum Gasteiger partial charge on any atom is 0.242 e. The van der Waals surface area contributed by atoms with Gasteiger partial charge in [-0.25, -0.2) is 9.97 Å². The van der Waals surface area contributed by atoms with Crippen molar-refractivity contribution in [2.24, 2.45) is 0 Å². The van der Waals surface area contributed by atoms with Gasteiger partial charge in [-0.1, -0.05) is 65.7 Å². The Morgan fingerprint density at radius 3 is 2.57 bits per heavy atom. The van der Waals surface area contributed by atoms with Crippen LogP contribution in [0.5, 0.6) is 5.88 Å². The Morgan fingerprint density at radius 1 is 1.00 bits per heavy atom. The molecular formula is C17H11BrCl2N2O. The molecule has 116 valence electrons. The number of hydrogen-bond donors (Lipinski definition) is 0. The van der Waals surface area contributed by atoms with Gasteiger partial charge in [0.25, 0.3) is 0 Å². The molecule has 0 aliphatic carbocycles. The van der Waals surface area contributed by atoms with Crippen LogP contribution in [-0.2, 0) is 6.61 Å². The van der Waals surface area contributed by atoms with Gasteiger partial charge in [0.15, 0.2) is 0 Å². The molecule has 3 rings (SSSR count). The molecule has 2 aromatic carbocycles. The van der Waals surface area contributed by atoms with Gasteiger partial charge in [-0.05, 0) is 27.6 Å². The zero-order valence-corrected chi connectivity index (χ0v) is 14.9. The van der Waals surface area contributed by atoms with E-state index in [0.29, 0.717) is 38.4 Å². The topological polar surface area (TPSA) is 35.0 Å². The van der Waals surface area contributed by atoms with E-state index < -0.39 is 0 Å². The molecule has 0 atom stereocenters. The van der Waals surface area contributed by atoms with Gasteiger partial charge >= 0.3 is 0 Å². The molecule has 0 amide bonds. The first-order valence-electron chi connectivity index (χ1n) is 6.79. The first-order valence-corrected chi connectivity index (χ1v) is 8.33. The fourth-order valence-corrected chi connectivity index (χ4v) is 2.70. The Bertz CT molecular complexity index is 828. The lowest BCUT2D eigenvalue weighted by atomic mass is 10.1. The minimum atomic E-state index is 0.386. The average molecular weight is 410 g/mol. The van der Waals surface area contributed by atoms with Crippen LogP contribution in [0.1, 0.15) is 5.56 Å². The van der Waals surface area contributed by atoms with Crippen molar-refractivity contribution in [2.75, 3.05) is 0 Å². The number of hydrogen-bond acceptors (Lipinski definition) is 3. The predicted molar refractivity (Wildman–Crippen MR) is 96.0 cm³/mol. The summed E-state index contributed by atoms with van der Waals surface area (Å²) < 4.78 is 6.43. The van der Waals surface area contributed by atoms with Crippen LogP contribution in [0, 0.1) is 0 Å². The summed E-state index contributed by atoms with van der Waals surface area (Å²) in [6, 6.07) is 15.2. The molecule has 23 heavy (non-hydrogen) atoms. The summed E-state index contributed by atoms with van der Waals surface area (Å²) >= 11 is 15.7. The predicted octanol–water partition coefficient (Wildman–Crippen LogP) is 5.79. The van der Waals surface area contributed by atoms with Gasteiger partial charge in [0, 0.05) is 5.56 Å². The molecule has 0 N–H and O–H groups in total. The van der Waals surface area contributed by atoms with Crippen LogP contribution >= 0.6 is 39.1 Å². The summed E-state index contributed by atoms with van der Waals surface area (Å²) in [6.45, 7) is 0.386. The van der Waals surface area contributed by atoms with E-state index in [1.54, 1.807) is 12.3 Å². The van der Waals surface area contributed by atoms with Crippen LogP contribution in [0.2, 0.25) is 10.0 Å². The molecule has 3 aromatic rings. The van der Waals surface area contributed by atoms with E-state index in [1.165, 1.54) is 0 Å². The molecule has 0 unspecified atom stereocenters. The molecule has 3 nitrogen and oxygen atoms in total. The van der Waals surface area contributed by atoms with Crippen LogP contribution in [-0.4, -0.2) is 9.97 Å². The number of benzene rings is 2. The number of rotatable bonds is 4. The molecule has 0 saturated heterocycles. The standard InChI is InChI=1S/C17H11BrCl2N2O/c18-14-9-21-16(12-7-4-8-13(19)15(12)20)17(22-14)23-10-11-5-2-1-3-6-11/h1-9H,10H2. The third-order valence-electron chi connectivity index (χ3n) is 3.14. The van der Waals surface area contributed by atoms with Gasteiger partial charge in [0.1, 0.15) is 16.9 Å². The molecule has 0 bridgehead atoms. The third-order valence-corrected chi connectivity index (χ3v) is 4.34. The molecule has 0 saturated carbocycles. The smallest absolute Gasteiger partial charge is 0.242 e. The average Bonchev–Trinajstić information content (AvgIpc) is 2.57. The van der Waals surface area contributed by atoms with Gasteiger partial charge in [-0.3, -0.25) is 0 Å². The van der Waals surface area contributed by atoms with Crippen molar-refractivity contribution >= 4 is 39.1 Å². The summed E-state index contributed by atoms with van der Waals surface area (Å²) in [5, 5.41) is 0.887. The van der Waals surface area contributed by atoms with E-state index in [4.69, 9.17) is 27.9 Å². The third kappa shape index (κ3) is 3.83. The maximum absolute atomic E-state index is 6.29. The summed E-state index contributed by atoms with van der Waals surface area (Å²) in [7, 11) is 0. The molecule has 1 aromatic heterocycles. The highest BCUT2D eigenvalue weighted by Crippen LogP contribution is 2.36. The van der Waals surface area contributed by atoms with E-state index >= 15 is 0 Å². The van der Waals surface area contributed by atoms with E-state index in [2.05, 4.69) is 25.9 Å². The van der Waals surface area contributed by atoms with Crippen LogP contribution in [0.15, 0.2) is 59.3 Å². The summed E-state index contributed by atoms with van der Waals surface area (Å²) in [5.41, 5.74) is 2.27. The number of nitrogens with zero attached hydrogens (tertiary/aromatic N) is 2. The fraction of sp³-hybridized carbons (Fsp3) is 0.0588. The molecule has 6 heteroatoms. The summed E-state index contributed by atoms with van der Waals surface area (Å²) in [4.78, 5) is 8.75. The summed E-state index contributed by atoms with van der Waals surface area (Å²) in [6.07, 6.45) is 1.60. The highest BCUT2D eigenvalue weighted by atomic mass is 79.9. The van der Waals surface area contributed by atoms with E-state index in [1.807, 2.05) is 42.5 Å². The van der Waals surface area contributed by atoms with Gasteiger partial charge in [0.05, 0.1) is 16.2 Å². The quantitative estimate of drug-likeness (QED) is 0.546. The summed E-state index contributed by atoms with van der Waals surface area (Å²) in [5.74, 6) is 0.396. The van der Waals surface area contributed by atoms with Gasteiger partial charge in [-0.15, -0.1) is 0 Å². The van der Waals surface area contributed by atoms with Gasteiger partial charge < -0.3 is 4.74 Å². The van der Waals surface area contributed by atoms with Crippen LogP contribution in [0.4, 0.5) is 0 Å². The maximum atomic E-state index is 6.29. The van der Waals surface area contributed by atoms with Crippen LogP contribution < -0.4 is 4.74 Å². The first kappa shape index (κ1) is 16.2. The second kappa shape index (κ2) is 7.30. The Labute approximate surface area is 152 Å². The van der Waals surface area contributed by atoms with Gasteiger partial charge in [-0.2, -0.15) is 0 Å². The van der Waals surface area contributed by atoms with Gasteiger partial charge in [0.2, 0.25) is 5.88 Å². The van der Waals surface area contributed by atoms with Crippen molar-refractivity contribution < 1.29 is 4.74 Å². The minimum absolute atomic E-state index is 0.386. The van der Waals surface area contributed by atoms with E-state index in [0.717, 1.165) is 5.56 Å². The largest absolute Gasteiger partial charge is 0.471 e.